The zero-order chi connectivity index (χ0) is 18.4. The summed E-state index contributed by atoms with van der Waals surface area (Å²) < 4.78 is 38.8. The molecule has 0 aromatic heterocycles. The van der Waals surface area contributed by atoms with Gasteiger partial charge in [-0.1, -0.05) is 24.3 Å². The Labute approximate surface area is 147 Å². The van der Waals surface area contributed by atoms with Gasteiger partial charge in [0, 0.05) is 18.7 Å². The standard InChI is InChI=1S/C18H21FN2O3S/c1-14-7-5-8-15(13-14)20-18(22)11-6-12-21(25(2,23)24)17-10-4-3-9-16(17)19/h3-5,7-10,13H,6,11-12H2,1-2H3,(H,20,22). The monoisotopic (exact) mass is 364 g/mol. The van der Waals surface area contributed by atoms with Crippen molar-refractivity contribution in [2.45, 2.75) is 19.8 Å². The smallest absolute Gasteiger partial charge is 0.232 e. The number of hydrogen-bond donors (Lipinski definition) is 1. The number of carbonyl (C=O) groups excluding carboxylic acids is 1. The van der Waals surface area contributed by atoms with Gasteiger partial charge >= 0.3 is 0 Å². The molecule has 2 aromatic rings. The van der Waals surface area contributed by atoms with Gasteiger partial charge in [-0.05, 0) is 43.2 Å². The van der Waals surface area contributed by atoms with Gasteiger partial charge in [0.2, 0.25) is 15.9 Å². The highest BCUT2D eigenvalue weighted by atomic mass is 32.2. The van der Waals surface area contributed by atoms with E-state index in [1.165, 1.54) is 18.2 Å². The molecule has 1 amide bonds. The fraction of sp³-hybridized carbons (Fsp3) is 0.278. The lowest BCUT2D eigenvalue weighted by Crippen LogP contribution is -2.32. The number of nitrogens with zero attached hydrogens (tertiary/aromatic N) is 1. The lowest BCUT2D eigenvalue weighted by Gasteiger charge is -2.22. The third kappa shape index (κ3) is 5.56. The van der Waals surface area contributed by atoms with E-state index in [1.54, 1.807) is 12.1 Å². The lowest BCUT2D eigenvalue weighted by molar-refractivity contribution is -0.116. The topological polar surface area (TPSA) is 66.5 Å². The van der Waals surface area contributed by atoms with Crippen LogP contribution < -0.4 is 9.62 Å². The molecule has 2 aromatic carbocycles. The minimum Gasteiger partial charge on any atom is -0.326 e. The summed E-state index contributed by atoms with van der Waals surface area (Å²) in [6.07, 6.45) is 1.43. The molecule has 134 valence electrons. The molecular weight excluding hydrogens is 343 g/mol. The zero-order valence-corrected chi connectivity index (χ0v) is 15.0. The highest BCUT2D eigenvalue weighted by molar-refractivity contribution is 7.92. The van der Waals surface area contributed by atoms with Crippen molar-refractivity contribution in [2.24, 2.45) is 0 Å². The fourth-order valence-electron chi connectivity index (χ4n) is 2.45. The van der Waals surface area contributed by atoms with Crippen LogP contribution in [0.3, 0.4) is 0 Å². The molecule has 2 rings (SSSR count). The highest BCUT2D eigenvalue weighted by Gasteiger charge is 2.20. The SMILES string of the molecule is Cc1cccc(NC(=O)CCCN(c2ccccc2F)S(C)(=O)=O)c1. The summed E-state index contributed by atoms with van der Waals surface area (Å²) in [5.41, 5.74) is 1.71. The average molecular weight is 364 g/mol. The average Bonchev–Trinajstić information content (AvgIpc) is 2.51. The van der Waals surface area contributed by atoms with Crippen molar-refractivity contribution in [2.75, 3.05) is 22.4 Å². The van der Waals surface area contributed by atoms with Crippen LogP contribution in [0.2, 0.25) is 0 Å². The van der Waals surface area contributed by atoms with Gasteiger partial charge in [0.05, 0.1) is 11.9 Å². The molecule has 0 heterocycles. The van der Waals surface area contributed by atoms with Crippen molar-refractivity contribution in [3.05, 3.63) is 59.9 Å². The van der Waals surface area contributed by atoms with E-state index < -0.39 is 15.8 Å². The quantitative estimate of drug-likeness (QED) is 0.820. The van der Waals surface area contributed by atoms with Crippen LogP contribution in [0.1, 0.15) is 18.4 Å². The van der Waals surface area contributed by atoms with E-state index in [2.05, 4.69) is 5.32 Å². The van der Waals surface area contributed by atoms with Gasteiger partial charge in [-0.2, -0.15) is 0 Å². The van der Waals surface area contributed by atoms with E-state index in [0.29, 0.717) is 5.69 Å². The molecule has 25 heavy (non-hydrogen) atoms. The first-order valence-corrected chi connectivity index (χ1v) is 9.71. The number of sulfonamides is 1. The largest absolute Gasteiger partial charge is 0.326 e. The third-order valence-electron chi connectivity index (χ3n) is 3.59. The minimum atomic E-state index is -3.64. The number of benzene rings is 2. The molecule has 0 aliphatic heterocycles. The van der Waals surface area contributed by atoms with Gasteiger partial charge in [0.1, 0.15) is 5.82 Å². The molecule has 0 saturated carbocycles. The molecule has 0 bridgehead atoms. The first kappa shape index (κ1) is 18.9. The predicted octanol–water partition coefficient (Wildman–Crippen LogP) is 3.32. The Balaban J connectivity index is 1.97. The van der Waals surface area contributed by atoms with Gasteiger partial charge in [0.15, 0.2) is 0 Å². The van der Waals surface area contributed by atoms with Crippen molar-refractivity contribution in [1.29, 1.82) is 0 Å². The van der Waals surface area contributed by atoms with Crippen LogP contribution in [0, 0.1) is 12.7 Å². The third-order valence-corrected chi connectivity index (χ3v) is 4.77. The van der Waals surface area contributed by atoms with E-state index in [1.807, 2.05) is 25.1 Å². The molecule has 0 fully saturated rings. The van der Waals surface area contributed by atoms with Crippen LogP contribution in [0.25, 0.3) is 0 Å². The van der Waals surface area contributed by atoms with Crippen molar-refractivity contribution < 1.29 is 17.6 Å². The maximum Gasteiger partial charge on any atom is 0.232 e. The van der Waals surface area contributed by atoms with Crippen molar-refractivity contribution in [3.63, 3.8) is 0 Å². The number of rotatable bonds is 7. The fourth-order valence-corrected chi connectivity index (χ4v) is 3.41. The Kier molecular flexibility index (Phi) is 6.14. The number of aryl methyl sites for hydroxylation is 1. The van der Waals surface area contributed by atoms with Crippen molar-refractivity contribution in [3.8, 4) is 0 Å². The van der Waals surface area contributed by atoms with Crippen molar-refractivity contribution >= 4 is 27.3 Å². The van der Waals surface area contributed by atoms with Crippen LogP contribution >= 0.6 is 0 Å². The summed E-state index contributed by atoms with van der Waals surface area (Å²) in [6.45, 7) is 1.95. The summed E-state index contributed by atoms with van der Waals surface area (Å²) in [5, 5.41) is 2.77. The van der Waals surface area contributed by atoms with Gasteiger partial charge in [0.25, 0.3) is 0 Å². The Bertz CT molecular complexity index is 853. The van der Waals surface area contributed by atoms with E-state index in [-0.39, 0.29) is 31.0 Å². The number of halogens is 1. The molecule has 0 aliphatic carbocycles. The van der Waals surface area contributed by atoms with Gasteiger partial charge in [-0.3, -0.25) is 9.10 Å². The number of hydrogen-bond acceptors (Lipinski definition) is 3. The molecule has 5 nitrogen and oxygen atoms in total. The molecule has 0 unspecified atom stereocenters. The maximum absolute atomic E-state index is 13.9. The van der Waals surface area contributed by atoms with Crippen LogP contribution in [-0.4, -0.2) is 27.1 Å². The molecule has 0 radical (unpaired) electrons. The van der Waals surface area contributed by atoms with Crippen molar-refractivity contribution in [1.82, 2.24) is 0 Å². The molecule has 0 aliphatic rings. The molecular formula is C18H21FN2O3S. The number of para-hydroxylation sites is 1. The molecule has 1 N–H and O–H groups in total. The number of anilines is 2. The second kappa shape index (κ2) is 8.11. The van der Waals surface area contributed by atoms with Gasteiger partial charge in [-0.25, -0.2) is 12.8 Å². The van der Waals surface area contributed by atoms with E-state index in [0.717, 1.165) is 16.1 Å². The Morgan fingerprint density at radius 2 is 1.88 bits per heavy atom. The minimum absolute atomic E-state index is 0.0101. The van der Waals surface area contributed by atoms with Gasteiger partial charge in [-0.15, -0.1) is 0 Å². The number of nitrogens with one attached hydrogen (secondary N) is 1. The molecule has 0 atom stereocenters. The molecule has 7 heteroatoms. The van der Waals surface area contributed by atoms with Crippen LogP contribution in [0.5, 0.6) is 0 Å². The first-order chi connectivity index (χ1) is 11.8. The summed E-state index contributed by atoms with van der Waals surface area (Å²) in [4.78, 5) is 12.0. The van der Waals surface area contributed by atoms with Gasteiger partial charge < -0.3 is 5.32 Å². The zero-order valence-electron chi connectivity index (χ0n) is 14.2. The van der Waals surface area contributed by atoms with E-state index >= 15 is 0 Å². The Morgan fingerprint density at radius 3 is 2.52 bits per heavy atom. The normalized spacial score (nSPS) is 11.2. The maximum atomic E-state index is 13.9. The van der Waals surface area contributed by atoms with E-state index in [4.69, 9.17) is 0 Å². The number of amides is 1. The summed E-state index contributed by atoms with van der Waals surface area (Å²) in [6, 6.07) is 13.1. The Hall–Kier alpha value is -2.41. The Morgan fingerprint density at radius 1 is 1.16 bits per heavy atom. The second-order valence-electron chi connectivity index (χ2n) is 5.81. The first-order valence-electron chi connectivity index (χ1n) is 7.86. The molecule has 0 spiro atoms. The summed E-state index contributed by atoms with van der Waals surface area (Å²) >= 11 is 0. The second-order valence-corrected chi connectivity index (χ2v) is 7.71. The van der Waals surface area contributed by atoms with E-state index in [9.17, 15) is 17.6 Å². The summed E-state index contributed by atoms with van der Waals surface area (Å²) in [5.74, 6) is -0.829. The molecule has 0 saturated heterocycles. The lowest BCUT2D eigenvalue weighted by atomic mass is 10.2. The van der Waals surface area contributed by atoms with Crippen LogP contribution in [0.15, 0.2) is 48.5 Å². The predicted molar refractivity (Wildman–Crippen MR) is 97.6 cm³/mol. The number of carbonyl (C=O) groups is 1. The van der Waals surface area contributed by atoms with Crippen LogP contribution in [0.4, 0.5) is 15.8 Å². The summed E-state index contributed by atoms with van der Waals surface area (Å²) in [7, 11) is -3.64. The van der Waals surface area contributed by atoms with Crippen LogP contribution in [-0.2, 0) is 14.8 Å². The highest BCUT2D eigenvalue weighted by Crippen LogP contribution is 2.22.